The van der Waals surface area contributed by atoms with Gasteiger partial charge >= 0.3 is 5.69 Å². The van der Waals surface area contributed by atoms with Crippen molar-refractivity contribution in [2.75, 3.05) is 13.2 Å². The van der Waals surface area contributed by atoms with E-state index < -0.39 is 36.7 Å². The lowest BCUT2D eigenvalue weighted by atomic mass is 10.2. The number of nitrogens with zero attached hydrogens (tertiary/aromatic N) is 2. The molecule has 1 aromatic rings. The zero-order valence-electron chi connectivity index (χ0n) is 8.81. The fourth-order valence-electron chi connectivity index (χ4n) is 1.04. The minimum atomic E-state index is -1.27. The third-order valence-corrected chi connectivity index (χ3v) is 1.99. The van der Waals surface area contributed by atoms with Crippen LogP contribution in [0.3, 0.4) is 0 Å². The van der Waals surface area contributed by atoms with Crippen molar-refractivity contribution in [3.63, 3.8) is 0 Å². The molecule has 0 amide bonds. The third-order valence-electron chi connectivity index (χ3n) is 1.99. The van der Waals surface area contributed by atoms with Crippen LogP contribution in [0.2, 0.25) is 0 Å². The Kier molecular flexibility index (Phi) is 4.97. The Morgan fingerprint density at radius 2 is 2.12 bits per heavy atom. The molecule has 1 heterocycles. The van der Waals surface area contributed by atoms with Crippen LogP contribution in [0.25, 0.3) is 0 Å². The maximum absolute atomic E-state index is 11.2. The maximum Gasteiger partial charge on any atom is 0.346 e. The molecular formula is C8H13N3O6. The molecule has 0 spiro atoms. The second-order valence-corrected chi connectivity index (χ2v) is 3.21. The molecule has 0 aliphatic carbocycles. The summed E-state index contributed by atoms with van der Waals surface area (Å²) < 4.78 is 5.77. The molecule has 0 fully saturated rings. The molecular weight excluding hydrogens is 234 g/mol. The summed E-state index contributed by atoms with van der Waals surface area (Å²) >= 11 is 0. The predicted octanol–water partition coefficient (Wildman–Crippen LogP) is -3.38. The van der Waals surface area contributed by atoms with Gasteiger partial charge in [0.15, 0.2) is 0 Å². The highest BCUT2D eigenvalue weighted by molar-refractivity contribution is 4.69. The van der Waals surface area contributed by atoms with Crippen LogP contribution >= 0.6 is 0 Å². The SMILES string of the molecule is O=c1cnn(CO[C@H](CO)C(O)CO)c(=O)[nH]1. The van der Waals surface area contributed by atoms with E-state index in [1.54, 1.807) is 0 Å². The lowest BCUT2D eigenvalue weighted by molar-refractivity contribution is -0.104. The van der Waals surface area contributed by atoms with Crippen LogP contribution in [0.15, 0.2) is 15.8 Å². The van der Waals surface area contributed by atoms with Crippen molar-refractivity contribution >= 4 is 0 Å². The molecule has 0 saturated heterocycles. The summed E-state index contributed by atoms with van der Waals surface area (Å²) in [6, 6.07) is 0. The summed E-state index contributed by atoms with van der Waals surface area (Å²) in [4.78, 5) is 23.8. The molecule has 2 atom stereocenters. The number of ether oxygens (including phenoxy) is 1. The van der Waals surface area contributed by atoms with E-state index in [0.29, 0.717) is 0 Å². The first-order valence-electron chi connectivity index (χ1n) is 4.76. The summed E-state index contributed by atoms with van der Waals surface area (Å²) in [5, 5.41) is 30.2. The molecule has 0 saturated carbocycles. The molecule has 1 rings (SSSR count). The highest BCUT2D eigenvalue weighted by Crippen LogP contribution is 1.98. The number of aliphatic hydroxyl groups is 3. The molecule has 0 radical (unpaired) electrons. The van der Waals surface area contributed by atoms with Crippen LogP contribution in [-0.4, -0.2) is 55.5 Å². The summed E-state index contributed by atoms with van der Waals surface area (Å²) in [6.45, 7) is -1.48. The first-order valence-corrected chi connectivity index (χ1v) is 4.76. The van der Waals surface area contributed by atoms with Crippen molar-refractivity contribution in [3.05, 3.63) is 27.0 Å². The minimum absolute atomic E-state index is 0.363. The average Bonchev–Trinajstić information content (AvgIpc) is 2.31. The normalized spacial score (nSPS) is 14.5. The Morgan fingerprint density at radius 1 is 1.41 bits per heavy atom. The monoisotopic (exact) mass is 247 g/mol. The van der Waals surface area contributed by atoms with E-state index >= 15 is 0 Å². The number of rotatable bonds is 6. The van der Waals surface area contributed by atoms with Gasteiger partial charge < -0.3 is 20.1 Å². The van der Waals surface area contributed by atoms with Gasteiger partial charge in [-0.3, -0.25) is 9.78 Å². The van der Waals surface area contributed by atoms with Gasteiger partial charge in [0, 0.05) is 0 Å². The lowest BCUT2D eigenvalue weighted by Gasteiger charge is -2.19. The van der Waals surface area contributed by atoms with Crippen LogP contribution in [0.5, 0.6) is 0 Å². The molecule has 96 valence electrons. The van der Waals surface area contributed by atoms with E-state index in [2.05, 4.69) is 5.10 Å². The van der Waals surface area contributed by atoms with Gasteiger partial charge in [-0.2, -0.15) is 9.78 Å². The van der Waals surface area contributed by atoms with E-state index in [4.69, 9.17) is 14.9 Å². The van der Waals surface area contributed by atoms with Crippen LogP contribution in [0, 0.1) is 0 Å². The number of aromatic amines is 1. The van der Waals surface area contributed by atoms with Gasteiger partial charge in [0.1, 0.15) is 25.1 Å². The molecule has 0 aliphatic rings. The van der Waals surface area contributed by atoms with Crippen molar-refractivity contribution in [3.8, 4) is 0 Å². The first-order chi connectivity index (χ1) is 8.08. The van der Waals surface area contributed by atoms with Gasteiger partial charge in [0.05, 0.1) is 13.2 Å². The van der Waals surface area contributed by atoms with Gasteiger partial charge in [-0.25, -0.2) is 4.79 Å². The molecule has 1 aromatic heterocycles. The fourth-order valence-corrected chi connectivity index (χ4v) is 1.04. The average molecular weight is 247 g/mol. The Labute approximate surface area is 94.9 Å². The van der Waals surface area contributed by atoms with Gasteiger partial charge in [-0.1, -0.05) is 0 Å². The maximum atomic E-state index is 11.2. The van der Waals surface area contributed by atoms with Crippen molar-refractivity contribution in [1.29, 1.82) is 0 Å². The van der Waals surface area contributed by atoms with E-state index in [1.807, 2.05) is 4.98 Å². The minimum Gasteiger partial charge on any atom is -0.394 e. The predicted molar refractivity (Wildman–Crippen MR) is 54.2 cm³/mol. The molecule has 4 N–H and O–H groups in total. The molecule has 1 unspecified atom stereocenters. The largest absolute Gasteiger partial charge is 0.394 e. The number of aromatic nitrogens is 3. The van der Waals surface area contributed by atoms with Crippen LogP contribution in [0.1, 0.15) is 0 Å². The fraction of sp³-hybridized carbons (Fsp3) is 0.625. The Bertz CT molecular complexity index is 455. The Morgan fingerprint density at radius 3 is 2.65 bits per heavy atom. The number of nitrogens with one attached hydrogen (secondary N) is 1. The van der Waals surface area contributed by atoms with E-state index in [9.17, 15) is 14.7 Å². The van der Waals surface area contributed by atoms with Crippen molar-refractivity contribution in [2.24, 2.45) is 0 Å². The third kappa shape index (κ3) is 3.75. The molecule has 0 aromatic carbocycles. The molecule has 0 aliphatic heterocycles. The van der Waals surface area contributed by atoms with Gasteiger partial charge in [0.25, 0.3) is 5.56 Å². The highest BCUT2D eigenvalue weighted by Gasteiger charge is 2.18. The summed E-state index contributed by atoms with van der Waals surface area (Å²) in [5.41, 5.74) is -1.41. The summed E-state index contributed by atoms with van der Waals surface area (Å²) in [6.07, 6.45) is -1.42. The smallest absolute Gasteiger partial charge is 0.346 e. The van der Waals surface area contributed by atoms with Gasteiger partial charge in [-0.15, -0.1) is 0 Å². The molecule has 0 bridgehead atoms. The summed E-state index contributed by atoms with van der Waals surface area (Å²) in [7, 11) is 0. The van der Waals surface area contributed by atoms with Crippen LogP contribution in [-0.2, 0) is 11.5 Å². The Balaban J connectivity index is 2.66. The topological polar surface area (TPSA) is 138 Å². The van der Waals surface area contributed by atoms with E-state index in [1.165, 1.54) is 0 Å². The van der Waals surface area contributed by atoms with Crippen molar-refractivity contribution in [1.82, 2.24) is 14.8 Å². The van der Waals surface area contributed by atoms with E-state index in [0.717, 1.165) is 10.9 Å². The molecule has 9 heteroatoms. The van der Waals surface area contributed by atoms with Crippen molar-refractivity contribution in [2.45, 2.75) is 18.9 Å². The lowest BCUT2D eigenvalue weighted by Crippen LogP contribution is -2.38. The summed E-state index contributed by atoms with van der Waals surface area (Å²) in [5.74, 6) is 0. The second-order valence-electron chi connectivity index (χ2n) is 3.21. The Hall–Kier alpha value is -1.55. The molecule has 17 heavy (non-hydrogen) atoms. The van der Waals surface area contributed by atoms with E-state index in [-0.39, 0.29) is 6.73 Å². The van der Waals surface area contributed by atoms with Crippen LogP contribution < -0.4 is 11.2 Å². The number of H-pyrrole nitrogens is 1. The quantitative estimate of drug-likeness (QED) is 0.411. The zero-order chi connectivity index (χ0) is 12.8. The van der Waals surface area contributed by atoms with Crippen molar-refractivity contribution < 1.29 is 20.1 Å². The highest BCUT2D eigenvalue weighted by atomic mass is 16.5. The van der Waals surface area contributed by atoms with Gasteiger partial charge in [0.2, 0.25) is 0 Å². The number of hydrogen-bond donors (Lipinski definition) is 4. The number of aliphatic hydroxyl groups excluding tert-OH is 3. The number of hydrogen-bond acceptors (Lipinski definition) is 7. The molecule has 9 nitrogen and oxygen atoms in total. The standard InChI is InChI=1S/C8H13N3O6/c12-2-5(14)6(3-13)17-4-11-8(16)10-7(15)1-9-11/h1,5-6,12-14H,2-4H2,(H,10,15,16)/t5?,6-/m1/s1. The van der Waals surface area contributed by atoms with Gasteiger partial charge in [-0.05, 0) is 0 Å². The first kappa shape index (κ1) is 13.5. The second kappa shape index (κ2) is 6.25. The van der Waals surface area contributed by atoms with Crippen LogP contribution in [0.4, 0.5) is 0 Å². The zero-order valence-corrected chi connectivity index (χ0v) is 8.81.